The van der Waals surface area contributed by atoms with Crippen molar-refractivity contribution in [2.24, 2.45) is 0 Å². The van der Waals surface area contributed by atoms with Gasteiger partial charge in [-0.3, -0.25) is 0 Å². The number of fused-ring (bicyclic) bond motifs is 3. The molecule has 2 heteroatoms. The van der Waals surface area contributed by atoms with Crippen molar-refractivity contribution < 1.29 is 0 Å². The Hall–Kier alpha value is -1.70. The van der Waals surface area contributed by atoms with Gasteiger partial charge in [0.25, 0.3) is 0 Å². The molecular weight excluding hydrogens is 172 g/mol. The Morgan fingerprint density at radius 1 is 1.29 bits per heavy atom. The van der Waals surface area contributed by atoms with Gasteiger partial charge >= 0.3 is 0 Å². The molecule has 14 heavy (non-hydrogen) atoms. The zero-order chi connectivity index (χ0) is 9.54. The number of nitrogens with one attached hydrogen (secondary N) is 1. The summed E-state index contributed by atoms with van der Waals surface area (Å²) < 4.78 is 0. The first kappa shape index (κ1) is 7.68. The van der Waals surface area contributed by atoms with E-state index in [0.717, 1.165) is 0 Å². The molecule has 2 aliphatic rings. The van der Waals surface area contributed by atoms with Gasteiger partial charge in [-0.15, -0.1) is 0 Å². The molecule has 0 saturated carbocycles. The van der Waals surface area contributed by atoms with Crippen molar-refractivity contribution in [2.75, 3.05) is 12.4 Å². The van der Waals surface area contributed by atoms with Crippen molar-refractivity contribution in [3.05, 3.63) is 54.0 Å². The van der Waals surface area contributed by atoms with E-state index in [1.54, 1.807) is 0 Å². The third-order valence-corrected chi connectivity index (χ3v) is 2.77. The van der Waals surface area contributed by atoms with Crippen LogP contribution in [0.5, 0.6) is 0 Å². The van der Waals surface area contributed by atoms with Gasteiger partial charge in [-0.05, 0) is 11.6 Å². The molecular formula is C12H12N2. The molecule has 0 bridgehead atoms. The molecule has 3 rings (SSSR count). The van der Waals surface area contributed by atoms with Crippen molar-refractivity contribution in [3.63, 3.8) is 0 Å². The van der Waals surface area contributed by atoms with Gasteiger partial charge in [0.1, 0.15) is 0 Å². The van der Waals surface area contributed by atoms with Crippen LogP contribution in [0.1, 0.15) is 11.5 Å². The lowest BCUT2D eigenvalue weighted by atomic mass is 9.98. The molecule has 0 spiro atoms. The highest BCUT2D eigenvalue weighted by Gasteiger charge is 2.26. The van der Waals surface area contributed by atoms with Gasteiger partial charge in [0.05, 0.1) is 0 Å². The van der Waals surface area contributed by atoms with E-state index in [-0.39, 0.29) is 0 Å². The normalized spacial score (nSPS) is 22.5. The lowest BCUT2D eigenvalue weighted by Crippen LogP contribution is -2.12. The van der Waals surface area contributed by atoms with E-state index < -0.39 is 0 Å². The molecule has 0 fully saturated rings. The number of nitrogens with zero attached hydrogens (tertiary/aromatic N) is 1. The maximum absolute atomic E-state index is 3.44. The molecule has 1 aromatic rings. The second kappa shape index (κ2) is 2.64. The summed E-state index contributed by atoms with van der Waals surface area (Å²) in [5.74, 6) is 0.433. The SMILES string of the molecule is CN1C=CC2C(=C1)Nc1ccccc12. The molecule has 0 amide bonds. The van der Waals surface area contributed by atoms with Crippen LogP contribution in [-0.2, 0) is 0 Å². The average molecular weight is 184 g/mol. The van der Waals surface area contributed by atoms with Crippen LogP contribution in [0.2, 0.25) is 0 Å². The predicted molar refractivity (Wildman–Crippen MR) is 57.8 cm³/mol. The van der Waals surface area contributed by atoms with E-state index in [1.165, 1.54) is 16.9 Å². The summed E-state index contributed by atoms with van der Waals surface area (Å²) in [6, 6.07) is 8.47. The van der Waals surface area contributed by atoms with Crippen LogP contribution in [0.4, 0.5) is 5.69 Å². The van der Waals surface area contributed by atoms with Crippen LogP contribution < -0.4 is 5.32 Å². The fraction of sp³-hybridized carbons (Fsp3) is 0.167. The quantitative estimate of drug-likeness (QED) is 0.666. The van der Waals surface area contributed by atoms with Gasteiger partial charge in [-0.25, -0.2) is 0 Å². The molecule has 2 nitrogen and oxygen atoms in total. The van der Waals surface area contributed by atoms with Gasteiger partial charge < -0.3 is 10.2 Å². The summed E-state index contributed by atoms with van der Waals surface area (Å²) in [4.78, 5) is 2.07. The number of rotatable bonds is 0. The number of anilines is 1. The maximum Gasteiger partial charge on any atom is 0.0473 e. The highest BCUT2D eigenvalue weighted by Crippen LogP contribution is 2.40. The highest BCUT2D eigenvalue weighted by atomic mass is 15.1. The molecule has 70 valence electrons. The molecule has 2 heterocycles. The first-order chi connectivity index (χ1) is 6.84. The van der Waals surface area contributed by atoms with Crippen LogP contribution in [0, 0.1) is 0 Å². The Balaban J connectivity index is 2.11. The third kappa shape index (κ3) is 0.970. The summed E-state index contributed by atoms with van der Waals surface area (Å²) in [7, 11) is 2.05. The van der Waals surface area contributed by atoms with E-state index in [1.807, 2.05) is 7.05 Å². The van der Waals surface area contributed by atoms with Crippen molar-refractivity contribution in [1.29, 1.82) is 0 Å². The largest absolute Gasteiger partial charge is 0.357 e. The van der Waals surface area contributed by atoms with Crippen molar-refractivity contribution in [3.8, 4) is 0 Å². The smallest absolute Gasteiger partial charge is 0.0473 e. The van der Waals surface area contributed by atoms with E-state index >= 15 is 0 Å². The standard InChI is InChI=1S/C12H12N2/c1-14-7-6-10-9-4-2-3-5-11(9)13-12(10)8-14/h2-8,10,13H,1H3. The van der Waals surface area contributed by atoms with Crippen LogP contribution in [-0.4, -0.2) is 11.9 Å². The lowest BCUT2D eigenvalue weighted by Gasteiger charge is -2.18. The monoisotopic (exact) mass is 184 g/mol. The minimum atomic E-state index is 0.433. The Kier molecular flexibility index (Phi) is 1.45. The minimum absolute atomic E-state index is 0.433. The van der Waals surface area contributed by atoms with E-state index in [9.17, 15) is 0 Å². The summed E-state index contributed by atoms with van der Waals surface area (Å²) >= 11 is 0. The number of allylic oxidation sites excluding steroid dienone is 1. The van der Waals surface area contributed by atoms with Gasteiger partial charge in [0.2, 0.25) is 0 Å². The predicted octanol–water partition coefficient (Wildman–Crippen LogP) is 2.50. The number of benzene rings is 1. The Bertz CT molecular complexity index is 432. The van der Waals surface area contributed by atoms with Gasteiger partial charge in [-0.2, -0.15) is 0 Å². The summed E-state index contributed by atoms with van der Waals surface area (Å²) in [5.41, 5.74) is 3.89. The van der Waals surface area contributed by atoms with Crippen molar-refractivity contribution in [2.45, 2.75) is 5.92 Å². The number of hydrogen-bond donors (Lipinski definition) is 1. The zero-order valence-electron chi connectivity index (χ0n) is 8.07. The maximum atomic E-state index is 3.44. The molecule has 1 unspecified atom stereocenters. The topological polar surface area (TPSA) is 15.3 Å². The fourth-order valence-corrected chi connectivity index (χ4v) is 2.09. The molecule has 0 saturated heterocycles. The average Bonchev–Trinajstić information content (AvgIpc) is 2.54. The molecule has 1 atom stereocenters. The second-order valence-corrected chi connectivity index (χ2v) is 3.78. The Morgan fingerprint density at radius 2 is 2.14 bits per heavy atom. The van der Waals surface area contributed by atoms with Gasteiger partial charge in [0, 0.05) is 36.7 Å². The molecule has 0 aromatic heterocycles. The van der Waals surface area contributed by atoms with Crippen molar-refractivity contribution in [1.82, 2.24) is 4.90 Å². The van der Waals surface area contributed by atoms with Crippen LogP contribution in [0.25, 0.3) is 0 Å². The van der Waals surface area contributed by atoms with E-state index in [0.29, 0.717) is 5.92 Å². The van der Waals surface area contributed by atoms with E-state index in [4.69, 9.17) is 0 Å². The second-order valence-electron chi connectivity index (χ2n) is 3.78. The van der Waals surface area contributed by atoms with Crippen LogP contribution in [0.15, 0.2) is 48.4 Å². The lowest BCUT2D eigenvalue weighted by molar-refractivity contribution is 0.598. The van der Waals surface area contributed by atoms with E-state index in [2.05, 4.69) is 53.0 Å². The summed E-state index contributed by atoms with van der Waals surface area (Å²) in [6.07, 6.45) is 6.48. The minimum Gasteiger partial charge on any atom is -0.357 e. The molecule has 0 radical (unpaired) electrons. The number of hydrogen-bond acceptors (Lipinski definition) is 2. The first-order valence-corrected chi connectivity index (χ1v) is 4.82. The fourth-order valence-electron chi connectivity index (χ4n) is 2.09. The van der Waals surface area contributed by atoms with Crippen LogP contribution >= 0.6 is 0 Å². The summed E-state index contributed by atoms with van der Waals surface area (Å²) in [6.45, 7) is 0. The molecule has 0 aliphatic carbocycles. The zero-order valence-corrected chi connectivity index (χ0v) is 8.07. The molecule has 2 aliphatic heterocycles. The first-order valence-electron chi connectivity index (χ1n) is 4.82. The number of para-hydroxylation sites is 1. The summed E-state index contributed by atoms with van der Waals surface area (Å²) in [5, 5.41) is 3.44. The molecule has 1 N–H and O–H groups in total. The third-order valence-electron chi connectivity index (χ3n) is 2.77. The van der Waals surface area contributed by atoms with Gasteiger partial charge in [0.15, 0.2) is 0 Å². The van der Waals surface area contributed by atoms with Crippen molar-refractivity contribution >= 4 is 5.69 Å². The molecule has 1 aromatic carbocycles. The highest BCUT2D eigenvalue weighted by molar-refractivity contribution is 5.67. The Labute approximate surface area is 83.5 Å². The van der Waals surface area contributed by atoms with Gasteiger partial charge in [-0.1, -0.05) is 24.3 Å². The Morgan fingerprint density at radius 3 is 3.07 bits per heavy atom. The van der Waals surface area contributed by atoms with Crippen LogP contribution in [0.3, 0.4) is 0 Å².